The zero-order chi connectivity index (χ0) is 18.6. The molecule has 0 unspecified atom stereocenters. The third-order valence-corrected chi connectivity index (χ3v) is 5.80. The lowest BCUT2D eigenvalue weighted by atomic mass is 9.96. The number of benzene rings is 1. The van der Waals surface area contributed by atoms with Gasteiger partial charge in [0.25, 0.3) is 5.22 Å². The summed E-state index contributed by atoms with van der Waals surface area (Å²) in [6, 6.07) is 7.17. The molecule has 1 amide bonds. The van der Waals surface area contributed by atoms with E-state index in [-0.39, 0.29) is 18.0 Å². The number of amides is 1. The molecule has 0 bridgehead atoms. The number of carbonyl (C=O) groups is 1. The van der Waals surface area contributed by atoms with Gasteiger partial charge >= 0.3 is 0 Å². The van der Waals surface area contributed by atoms with Crippen LogP contribution in [0.15, 0.2) is 33.9 Å². The average Bonchev–Trinajstić information content (AvgIpc) is 3.39. The number of carbonyl (C=O) groups excluding carboxylic acids is 1. The van der Waals surface area contributed by atoms with Gasteiger partial charge < -0.3 is 18.8 Å². The molecule has 2 saturated heterocycles. The third-order valence-electron chi connectivity index (χ3n) is 4.74. The first-order valence-electron chi connectivity index (χ1n) is 8.92. The summed E-state index contributed by atoms with van der Waals surface area (Å²) < 4.78 is 16.8. The summed E-state index contributed by atoms with van der Waals surface area (Å²) in [6.07, 6.45) is 1.71. The highest BCUT2D eigenvalue weighted by atomic mass is 35.5. The van der Waals surface area contributed by atoms with Crippen LogP contribution in [0.1, 0.15) is 12.8 Å². The van der Waals surface area contributed by atoms with Crippen molar-refractivity contribution in [2.24, 2.45) is 5.92 Å². The first-order chi connectivity index (χ1) is 13.2. The lowest BCUT2D eigenvalue weighted by Gasteiger charge is -2.33. The molecule has 7 nitrogen and oxygen atoms in total. The molecule has 2 aliphatic rings. The van der Waals surface area contributed by atoms with Crippen LogP contribution in [-0.2, 0) is 14.3 Å². The summed E-state index contributed by atoms with van der Waals surface area (Å²) in [5, 5.41) is 9.06. The molecule has 1 aromatic carbocycles. The minimum Gasteiger partial charge on any atom is -0.411 e. The van der Waals surface area contributed by atoms with E-state index < -0.39 is 0 Å². The van der Waals surface area contributed by atoms with E-state index in [9.17, 15) is 4.79 Å². The summed E-state index contributed by atoms with van der Waals surface area (Å²) in [4.78, 5) is 14.3. The molecule has 3 heterocycles. The normalized spacial score (nSPS) is 18.9. The molecule has 27 heavy (non-hydrogen) atoms. The number of piperidine rings is 1. The highest BCUT2D eigenvalue weighted by Crippen LogP contribution is 2.27. The molecule has 0 N–H and O–H groups in total. The van der Waals surface area contributed by atoms with Gasteiger partial charge in [0.05, 0.1) is 19.0 Å². The van der Waals surface area contributed by atoms with Gasteiger partial charge in [-0.2, -0.15) is 0 Å². The summed E-state index contributed by atoms with van der Waals surface area (Å²) in [5.41, 5.74) is 0.795. The Balaban J connectivity index is 1.25. The largest absolute Gasteiger partial charge is 0.411 e. The SMILES string of the molecule is O=C(CSc1nnc(-c2ccc(Cl)cc2)o1)N1CCC(C2OCCO2)CC1. The molecule has 1 aromatic heterocycles. The number of ether oxygens (including phenoxy) is 2. The Morgan fingerprint density at radius 3 is 2.56 bits per heavy atom. The van der Waals surface area contributed by atoms with Gasteiger partial charge in [0.2, 0.25) is 11.8 Å². The topological polar surface area (TPSA) is 77.7 Å². The maximum Gasteiger partial charge on any atom is 0.277 e. The Bertz CT molecular complexity index is 771. The third kappa shape index (κ3) is 4.63. The van der Waals surface area contributed by atoms with Crippen molar-refractivity contribution in [2.45, 2.75) is 24.4 Å². The van der Waals surface area contributed by atoms with Gasteiger partial charge in [-0.15, -0.1) is 10.2 Å². The number of hydrogen-bond donors (Lipinski definition) is 0. The maximum atomic E-state index is 12.5. The van der Waals surface area contributed by atoms with Crippen molar-refractivity contribution in [3.8, 4) is 11.5 Å². The fraction of sp³-hybridized carbons (Fsp3) is 0.500. The van der Waals surface area contributed by atoms with Crippen LogP contribution >= 0.6 is 23.4 Å². The molecule has 2 fully saturated rings. The Morgan fingerprint density at radius 2 is 1.85 bits per heavy atom. The number of rotatable bonds is 5. The Kier molecular flexibility index (Phi) is 5.97. The first-order valence-corrected chi connectivity index (χ1v) is 10.3. The number of aromatic nitrogens is 2. The zero-order valence-electron chi connectivity index (χ0n) is 14.7. The van der Waals surface area contributed by atoms with Gasteiger partial charge in [0, 0.05) is 29.6 Å². The predicted molar refractivity (Wildman–Crippen MR) is 100 cm³/mol. The highest BCUT2D eigenvalue weighted by molar-refractivity contribution is 7.99. The van der Waals surface area contributed by atoms with Gasteiger partial charge in [-0.1, -0.05) is 23.4 Å². The predicted octanol–water partition coefficient (Wildman–Crippen LogP) is 3.09. The quantitative estimate of drug-likeness (QED) is 0.702. The van der Waals surface area contributed by atoms with Crippen molar-refractivity contribution in [3.05, 3.63) is 29.3 Å². The fourth-order valence-electron chi connectivity index (χ4n) is 3.26. The van der Waals surface area contributed by atoms with Crippen molar-refractivity contribution in [3.63, 3.8) is 0 Å². The number of thioether (sulfide) groups is 1. The minimum atomic E-state index is -0.0960. The standard InChI is InChI=1S/C18H20ClN3O4S/c19-14-3-1-12(2-4-14)16-20-21-18(26-16)27-11-15(23)22-7-5-13(6-8-22)17-24-9-10-25-17/h1-4,13,17H,5-11H2. The number of nitrogens with zero attached hydrogens (tertiary/aromatic N) is 3. The second-order valence-corrected chi connectivity index (χ2v) is 7.86. The smallest absolute Gasteiger partial charge is 0.277 e. The summed E-state index contributed by atoms with van der Waals surface area (Å²) >= 11 is 7.14. The van der Waals surface area contributed by atoms with E-state index in [0.29, 0.717) is 35.3 Å². The van der Waals surface area contributed by atoms with Crippen molar-refractivity contribution >= 4 is 29.3 Å². The van der Waals surface area contributed by atoms with Crippen LogP contribution in [0.4, 0.5) is 0 Å². The lowest BCUT2D eigenvalue weighted by Crippen LogP contribution is -2.42. The monoisotopic (exact) mass is 409 g/mol. The number of likely N-dealkylation sites (tertiary alicyclic amines) is 1. The van der Waals surface area contributed by atoms with E-state index in [1.165, 1.54) is 11.8 Å². The molecular formula is C18H20ClN3O4S. The summed E-state index contributed by atoms with van der Waals surface area (Å²) in [6.45, 7) is 2.80. The molecule has 0 spiro atoms. The Hall–Kier alpha value is -1.61. The van der Waals surface area contributed by atoms with Crippen LogP contribution in [-0.4, -0.2) is 59.4 Å². The van der Waals surface area contributed by atoms with Crippen molar-refractivity contribution in [1.82, 2.24) is 15.1 Å². The molecular weight excluding hydrogens is 390 g/mol. The van der Waals surface area contributed by atoms with E-state index in [2.05, 4.69) is 10.2 Å². The zero-order valence-corrected chi connectivity index (χ0v) is 16.2. The van der Waals surface area contributed by atoms with Crippen LogP contribution in [0.3, 0.4) is 0 Å². The number of hydrogen-bond acceptors (Lipinski definition) is 7. The second kappa shape index (κ2) is 8.60. The van der Waals surface area contributed by atoms with E-state index in [4.69, 9.17) is 25.5 Å². The maximum absolute atomic E-state index is 12.5. The van der Waals surface area contributed by atoms with Gasteiger partial charge in [-0.05, 0) is 37.1 Å². The molecule has 4 rings (SSSR count). The fourth-order valence-corrected chi connectivity index (χ4v) is 4.05. The van der Waals surface area contributed by atoms with Gasteiger partial charge in [0.15, 0.2) is 6.29 Å². The lowest BCUT2D eigenvalue weighted by molar-refractivity contribution is -0.134. The molecule has 9 heteroatoms. The van der Waals surface area contributed by atoms with Crippen molar-refractivity contribution in [1.29, 1.82) is 0 Å². The second-order valence-electron chi connectivity index (χ2n) is 6.50. The Labute approximate surface area is 166 Å². The number of halogens is 1. The highest BCUT2D eigenvalue weighted by Gasteiger charge is 2.31. The van der Waals surface area contributed by atoms with E-state index in [1.807, 2.05) is 17.0 Å². The van der Waals surface area contributed by atoms with E-state index in [0.717, 1.165) is 31.5 Å². The molecule has 0 radical (unpaired) electrons. The van der Waals surface area contributed by atoms with Crippen LogP contribution < -0.4 is 0 Å². The molecule has 0 saturated carbocycles. The minimum absolute atomic E-state index is 0.0814. The van der Waals surface area contributed by atoms with Gasteiger partial charge in [-0.25, -0.2) is 0 Å². The van der Waals surface area contributed by atoms with Gasteiger partial charge in [-0.3, -0.25) is 4.79 Å². The molecule has 144 valence electrons. The molecule has 0 atom stereocenters. The van der Waals surface area contributed by atoms with Crippen molar-refractivity contribution < 1.29 is 18.7 Å². The van der Waals surface area contributed by atoms with Crippen LogP contribution in [0.2, 0.25) is 5.02 Å². The van der Waals surface area contributed by atoms with E-state index >= 15 is 0 Å². The van der Waals surface area contributed by atoms with Gasteiger partial charge in [0.1, 0.15) is 0 Å². The van der Waals surface area contributed by atoms with Crippen molar-refractivity contribution in [2.75, 3.05) is 32.1 Å². The summed E-state index contributed by atoms with van der Waals surface area (Å²) in [5.74, 6) is 1.16. The van der Waals surface area contributed by atoms with E-state index in [1.54, 1.807) is 12.1 Å². The molecule has 2 aromatic rings. The summed E-state index contributed by atoms with van der Waals surface area (Å²) in [7, 11) is 0. The van der Waals surface area contributed by atoms with Crippen LogP contribution in [0.5, 0.6) is 0 Å². The molecule has 0 aliphatic carbocycles. The Morgan fingerprint density at radius 1 is 1.15 bits per heavy atom. The molecule has 2 aliphatic heterocycles. The average molecular weight is 410 g/mol. The van der Waals surface area contributed by atoms with Crippen LogP contribution in [0.25, 0.3) is 11.5 Å². The van der Waals surface area contributed by atoms with Crippen LogP contribution in [0, 0.1) is 5.92 Å². The first kappa shape index (κ1) is 18.7.